The second-order valence-corrected chi connectivity index (χ2v) is 5.35. The molecular formula is C13H16N4O3S. The van der Waals surface area contributed by atoms with Crippen molar-refractivity contribution in [1.29, 1.82) is 0 Å². The van der Waals surface area contributed by atoms with Crippen molar-refractivity contribution in [3.05, 3.63) is 23.3 Å². The molecule has 7 nitrogen and oxygen atoms in total. The van der Waals surface area contributed by atoms with E-state index in [0.29, 0.717) is 28.9 Å². The SMILES string of the molecule is CC(=O)NCc1ccc(-c2csc(NC(=O)C(C)N)n2)o1. The fourth-order valence-electron chi connectivity index (χ4n) is 1.49. The quantitative estimate of drug-likeness (QED) is 0.771. The lowest BCUT2D eigenvalue weighted by atomic mass is 10.3. The zero-order chi connectivity index (χ0) is 15.4. The number of aromatic nitrogens is 1. The van der Waals surface area contributed by atoms with Crippen molar-refractivity contribution in [2.75, 3.05) is 5.32 Å². The van der Waals surface area contributed by atoms with Crippen LogP contribution in [-0.4, -0.2) is 22.8 Å². The van der Waals surface area contributed by atoms with Crippen LogP contribution in [0.5, 0.6) is 0 Å². The minimum Gasteiger partial charge on any atom is -0.458 e. The van der Waals surface area contributed by atoms with Gasteiger partial charge in [0.25, 0.3) is 0 Å². The zero-order valence-corrected chi connectivity index (χ0v) is 12.5. The molecule has 0 aromatic carbocycles. The second-order valence-electron chi connectivity index (χ2n) is 4.49. The summed E-state index contributed by atoms with van der Waals surface area (Å²) < 4.78 is 5.58. The highest BCUT2D eigenvalue weighted by Gasteiger charge is 2.13. The molecule has 8 heteroatoms. The topological polar surface area (TPSA) is 110 Å². The highest BCUT2D eigenvalue weighted by Crippen LogP contribution is 2.26. The summed E-state index contributed by atoms with van der Waals surface area (Å²) in [6.45, 7) is 3.37. The van der Waals surface area contributed by atoms with Crippen molar-refractivity contribution in [1.82, 2.24) is 10.3 Å². The van der Waals surface area contributed by atoms with Crippen LogP contribution < -0.4 is 16.4 Å². The van der Waals surface area contributed by atoms with Crippen LogP contribution in [0.1, 0.15) is 19.6 Å². The fourth-order valence-corrected chi connectivity index (χ4v) is 2.19. The highest BCUT2D eigenvalue weighted by molar-refractivity contribution is 7.14. The third kappa shape index (κ3) is 4.14. The monoisotopic (exact) mass is 308 g/mol. The highest BCUT2D eigenvalue weighted by atomic mass is 32.1. The minimum atomic E-state index is -0.592. The Morgan fingerprint density at radius 2 is 2.24 bits per heavy atom. The molecule has 21 heavy (non-hydrogen) atoms. The summed E-state index contributed by atoms with van der Waals surface area (Å²) >= 11 is 1.29. The maximum absolute atomic E-state index is 11.5. The molecule has 0 aliphatic heterocycles. The third-order valence-corrected chi connectivity index (χ3v) is 3.33. The van der Waals surface area contributed by atoms with Gasteiger partial charge >= 0.3 is 0 Å². The summed E-state index contributed by atoms with van der Waals surface area (Å²) in [7, 11) is 0. The van der Waals surface area contributed by atoms with Crippen LogP contribution in [0.15, 0.2) is 21.9 Å². The number of nitrogens with two attached hydrogens (primary N) is 1. The number of hydrogen-bond acceptors (Lipinski definition) is 6. The number of nitrogens with one attached hydrogen (secondary N) is 2. The predicted octanol–water partition coefficient (Wildman–Crippen LogP) is 1.32. The van der Waals surface area contributed by atoms with Crippen molar-refractivity contribution < 1.29 is 14.0 Å². The van der Waals surface area contributed by atoms with Gasteiger partial charge in [0.2, 0.25) is 11.8 Å². The lowest BCUT2D eigenvalue weighted by molar-refractivity contribution is -0.119. The first kappa shape index (κ1) is 15.2. The van der Waals surface area contributed by atoms with Gasteiger partial charge in [-0.25, -0.2) is 4.98 Å². The van der Waals surface area contributed by atoms with Gasteiger partial charge in [0.05, 0.1) is 12.6 Å². The second kappa shape index (κ2) is 6.51. The number of anilines is 1. The molecule has 2 heterocycles. The maximum atomic E-state index is 11.5. The van der Waals surface area contributed by atoms with E-state index in [9.17, 15) is 9.59 Å². The summed E-state index contributed by atoms with van der Waals surface area (Å²) in [5.41, 5.74) is 6.09. The molecule has 0 radical (unpaired) electrons. The van der Waals surface area contributed by atoms with Crippen molar-refractivity contribution in [3.8, 4) is 11.5 Å². The molecule has 2 aromatic rings. The Hall–Kier alpha value is -2.19. The van der Waals surface area contributed by atoms with Gasteiger partial charge in [0.1, 0.15) is 11.5 Å². The molecule has 0 spiro atoms. The van der Waals surface area contributed by atoms with Crippen molar-refractivity contribution in [2.45, 2.75) is 26.4 Å². The Morgan fingerprint density at radius 3 is 2.90 bits per heavy atom. The van der Waals surface area contributed by atoms with Crippen LogP contribution in [0.2, 0.25) is 0 Å². The zero-order valence-electron chi connectivity index (χ0n) is 11.7. The number of carbonyl (C=O) groups excluding carboxylic acids is 2. The van der Waals surface area contributed by atoms with Crippen LogP contribution in [0.4, 0.5) is 5.13 Å². The third-order valence-electron chi connectivity index (χ3n) is 2.57. The van der Waals surface area contributed by atoms with Gasteiger partial charge in [-0.05, 0) is 19.1 Å². The van der Waals surface area contributed by atoms with Gasteiger partial charge in [-0.2, -0.15) is 0 Å². The summed E-state index contributed by atoms with van der Waals surface area (Å²) in [6.07, 6.45) is 0. The molecule has 2 aromatic heterocycles. The smallest absolute Gasteiger partial charge is 0.242 e. The minimum absolute atomic E-state index is 0.123. The predicted molar refractivity (Wildman–Crippen MR) is 79.6 cm³/mol. The largest absolute Gasteiger partial charge is 0.458 e. The van der Waals surface area contributed by atoms with Crippen LogP contribution in [0.3, 0.4) is 0 Å². The molecule has 0 saturated heterocycles. The standard InChI is InChI=1S/C13H16N4O3S/c1-7(14)12(19)17-13-16-10(6-21-13)11-4-3-9(20-11)5-15-8(2)18/h3-4,6-7H,5,14H2,1-2H3,(H,15,18)(H,16,17,19). The lowest BCUT2D eigenvalue weighted by Crippen LogP contribution is -2.32. The summed E-state index contributed by atoms with van der Waals surface area (Å²) in [6, 6.07) is 2.94. The Kier molecular flexibility index (Phi) is 4.71. The molecule has 0 fully saturated rings. The van der Waals surface area contributed by atoms with Gasteiger partial charge in [-0.1, -0.05) is 0 Å². The Bertz CT molecular complexity index is 647. The number of rotatable bonds is 5. The van der Waals surface area contributed by atoms with Crippen LogP contribution >= 0.6 is 11.3 Å². The number of amides is 2. The van der Waals surface area contributed by atoms with E-state index in [1.54, 1.807) is 24.4 Å². The molecule has 112 valence electrons. The van der Waals surface area contributed by atoms with E-state index in [1.165, 1.54) is 18.3 Å². The molecule has 1 atom stereocenters. The normalized spacial score (nSPS) is 12.0. The van der Waals surface area contributed by atoms with Crippen molar-refractivity contribution in [3.63, 3.8) is 0 Å². The van der Waals surface area contributed by atoms with Crippen LogP contribution in [-0.2, 0) is 16.1 Å². The van der Waals surface area contributed by atoms with Crippen LogP contribution in [0, 0.1) is 0 Å². The number of thiazole rings is 1. The summed E-state index contributed by atoms with van der Waals surface area (Å²) in [5.74, 6) is 0.798. The Labute approximate surface area is 125 Å². The summed E-state index contributed by atoms with van der Waals surface area (Å²) in [5, 5.41) is 7.51. The van der Waals surface area contributed by atoms with Gasteiger partial charge in [-0.3, -0.25) is 9.59 Å². The molecule has 1 unspecified atom stereocenters. The first-order valence-corrected chi connectivity index (χ1v) is 7.19. The van der Waals surface area contributed by atoms with E-state index in [1.807, 2.05) is 0 Å². The molecule has 2 rings (SSSR count). The van der Waals surface area contributed by atoms with E-state index < -0.39 is 6.04 Å². The summed E-state index contributed by atoms with van der Waals surface area (Å²) in [4.78, 5) is 26.6. The maximum Gasteiger partial charge on any atom is 0.242 e. The Balaban J connectivity index is 2.04. The average Bonchev–Trinajstić information content (AvgIpc) is 3.04. The van der Waals surface area contributed by atoms with E-state index in [4.69, 9.17) is 10.2 Å². The first-order chi connectivity index (χ1) is 9.95. The molecule has 0 aliphatic carbocycles. The Morgan fingerprint density at radius 1 is 1.48 bits per heavy atom. The number of hydrogen-bond donors (Lipinski definition) is 3. The molecule has 4 N–H and O–H groups in total. The van der Waals surface area contributed by atoms with Gasteiger partial charge in [0, 0.05) is 12.3 Å². The van der Waals surface area contributed by atoms with Crippen molar-refractivity contribution in [2.24, 2.45) is 5.73 Å². The number of nitrogens with zero attached hydrogens (tertiary/aromatic N) is 1. The van der Waals surface area contributed by atoms with Gasteiger partial charge in [-0.15, -0.1) is 11.3 Å². The first-order valence-electron chi connectivity index (χ1n) is 6.31. The number of furan rings is 1. The molecular weight excluding hydrogens is 292 g/mol. The average molecular weight is 308 g/mol. The molecule has 0 bridgehead atoms. The van der Waals surface area contributed by atoms with E-state index in [-0.39, 0.29) is 11.8 Å². The van der Waals surface area contributed by atoms with Gasteiger partial charge in [0.15, 0.2) is 10.9 Å². The van der Waals surface area contributed by atoms with Crippen LogP contribution in [0.25, 0.3) is 11.5 Å². The molecule has 2 amide bonds. The number of carbonyl (C=O) groups is 2. The lowest BCUT2D eigenvalue weighted by Gasteiger charge is -2.03. The van der Waals surface area contributed by atoms with E-state index >= 15 is 0 Å². The van der Waals surface area contributed by atoms with Crippen molar-refractivity contribution >= 4 is 28.3 Å². The molecule has 0 aliphatic rings. The van der Waals surface area contributed by atoms with Gasteiger partial charge < -0.3 is 20.8 Å². The van der Waals surface area contributed by atoms with E-state index in [0.717, 1.165) is 0 Å². The van der Waals surface area contributed by atoms with E-state index in [2.05, 4.69) is 15.6 Å². The molecule has 0 saturated carbocycles. The fraction of sp³-hybridized carbons (Fsp3) is 0.308.